The molecular weight excluding hydrogens is 294 g/mol. The van der Waals surface area contributed by atoms with E-state index < -0.39 is 5.54 Å². The van der Waals surface area contributed by atoms with Crippen LogP contribution in [0.2, 0.25) is 0 Å². The molecule has 1 heterocycles. The third-order valence-electron chi connectivity index (χ3n) is 4.38. The van der Waals surface area contributed by atoms with Gasteiger partial charge in [0.2, 0.25) is 11.8 Å². The molecule has 134 valence electrons. The predicted octanol–water partition coefficient (Wildman–Crippen LogP) is 1.29. The van der Waals surface area contributed by atoms with E-state index >= 15 is 0 Å². The molecule has 3 N–H and O–H groups in total. The Hall–Kier alpha value is -1.14. The van der Waals surface area contributed by atoms with Crippen molar-refractivity contribution in [3.8, 4) is 0 Å². The van der Waals surface area contributed by atoms with E-state index in [1.807, 2.05) is 18.7 Å². The first-order valence-corrected chi connectivity index (χ1v) is 8.86. The van der Waals surface area contributed by atoms with E-state index in [0.29, 0.717) is 52.1 Å². The number of nitrogens with zero attached hydrogens (tertiary/aromatic N) is 1. The molecule has 1 aliphatic rings. The van der Waals surface area contributed by atoms with Crippen molar-refractivity contribution in [2.24, 2.45) is 11.7 Å². The zero-order chi connectivity index (χ0) is 17.3. The van der Waals surface area contributed by atoms with Crippen LogP contribution in [0.5, 0.6) is 0 Å². The topological polar surface area (TPSA) is 84.7 Å². The average Bonchev–Trinajstić information content (AvgIpc) is 2.54. The number of piperidine rings is 1. The number of amides is 2. The maximum absolute atomic E-state index is 12.4. The van der Waals surface area contributed by atoms with Crippen molar-refractivity contribution in [1.82, 2.24) is 10.2 Å². The largest absolute Gasteiger partial charge is 0.382 e. The van der Waals surface area contributed by atoms with Gasteiger partial charge in [0.1, 0.15) is 0 Å². The molecule has 1 aliphatic heterocycles. The zero-order valence-electron chi connectivity index (χ0n) is 14.9. The van der Waals surface area contributed by atoms with E-state index in [1.165, 1.54) is 0 Å². The maximum atomic E-state index is 12.4. The van der Waals surface area contributed by atoms with Crippen molar-refractivity contribution < 1.29 is 14.3 Å². The molecule has 0 spiro atoms. The molecule has 0 aromatic carbocycles. The number of rotatable bonds is 9. The highest BCUT2D eigenvalue weighted by Crippen LogP contribution is 2.21. The van der Waals surface area contributed by atoms with Gasteiger partial charge in [0.05, 0.1) is 5.54 Å². The molecule has 0 bridgehead atoms. The first-order valence-electron chi connectivity index (χ1n) is 8.86. The van der Waals surface area contributed by atoms with Gasteiger partial charge in [-0.15, -0.1) is 0 Å². The van der Waals surface area contributed by atoms with Gasteiger partial charge in [-0.25, -0.2) is 0 Å². The molecule has 0 saturated carbocycles. The van der Waals surface area contributed by atoms with E-state index in [4.69, 9.17) is 10.5 Å². The smallest absolute Gasteiger partial charge is 0.242 e. The van der Waals surface area contributed by atoms with E-state index in [-0.39, 0.29) is 17.7 Å². The number of nitrogens with two attached hydrogens (primary N) is 1. The Labute approximate surface area is 140 Å². The van der Waals surface area contributed by atoms with Crippen molar-refractivity contribution in [1.29, 1.82) is 0 Å². The minimum atomic E-state index is -0.789. The summed E-state index contributed by atoms with van der Waals surface area (Å²) in [6.45, 7) is 9.06. The lowest BCUT2D eigenvalue weighted by Gasteiger charge is -2.36. The van der Waals surface area contributed by atoms with Gasteiger partial charge >= 0.3 is 0 Å². The molecule has 2 amide bonds. The minimum absolute atomic E-state index is 0.00125. The normalized spacial score (nSPS) is 18.5. The van der Waals surface area contributed by atoms with Crippen LogP contribution >= 0.6 is 0 Å². The summed E-state index contributed by atoms with van der Waals surface area (Å²) in [6, 6.07) is 0. The number of likely N-dealkylation sites (tertiary alicyclic amines) is 1. The third-order valence-corrected chi connectivity index (χ3v) is 4.38. The summed E-state index contributed by atoms with van der Waals surface area (Å²) in [4.78, 5) is 26.4. The second kappa shape index (κ2) is 9.88. The van der Waals surface area contributed by atoms with Crippen molar-refractivity contribution in [3.05, 3.63) is 0 Å². The first kappa shape index (κ1) is 19.9. The zero-order valence-corrected chi connectivity index (χ0v) is 14.9. The molecule has 0 aromatic heterocycles. The Morgan fingerprint density at radius 3 is 2.52 bits per heavy atom. The van der Waals surface area contributed by atoms with E-state index in [1.54, 1.807) is 6.92 Å². The second-order valence-corrected chi connectivity index (χ2v) is 6.58. The SMILES string of the molecule is CCCC(C)(N)C(=O)N1CCC(C(=O)NCCCOCC)CC1. The third kappa shape index (κ3) is 6.47. The van der Waals surface area contributed by atoms with E-state index in [9.17, 15) is 9.59 Å². The molecular formula is C17H33N3O3. The van der Waals surface area contributed by atoms with Gasteiger partial charge in [-0.1, -0.05) is 13.3 Å². The standard InChI is InChI=1S/C17H33N3O3/c1-4-9-17(3,18)16(22)20-11-7-14(8-12-20)15(21)19-10-6-13-23-5-2/h14H,4-13,18H2,1-3H3,(H,19,21). The molecule has 1 unspecified atom stereocenters. The number of carbonyl (C=O) groups excluding carboxylic acids is 2. The highest BCUT2D eigenvalue weighted by atomic mass is 16.5. The molecule has 6 nitrogen and oxygen atoms in total. The molecule has 23 heavy (non-hydrogen) atoms. The number of nitrogens with one attached hydrogen (secondary N) is 1. The summed E-state index contributed by atoms with van der Waals surface area (Å²) in [7, 11) is 0. The van der Waals surface area contributed by atoms with Crippen LogP contribution in [0.1, 0.15) is 52.9 Å². The van der Waals surface area contributed by atoms with Crippen LogP contribution in [0.25, 0.3) is 0 Å². The summed E-state index contributed by atoms with van der Waals surface area (Å²) in [5, 5.41) is 2.96. The lowest BCUT2D eigenvalue weighted by molar-refractivity contribution is -0.140. The van der Waals surface area contributed by atoms with Crippen molar-refractivity contribution >= 4 is 11.8 Å². The van der Waals surface area contributed by atoms with Gasteiger partial charge in [-0.05, 0) is 39.5 Å². The van der Waals surface area contributed by atoms with Gasteiger partial charge in [0.25, 0.3) is 0 Å². The Kier molecular flexibility index (Phi) is 8.55. The van der Waals surface area contributed by atoms with Gasteiger partial charge in [0, 0.05) is 38.8 Å². The van der Waals surface area contributed by atoms with Gasteiger partial charge < -0.3 is 20.7 Å². The van der Waals surface area contributed by atoms with Crippen molar-refractivity contribution in [3.63, 3.8) is 0 Å². The fourth-order valence-corrected chi connectivity index (χ4v) is 3.01. The quantitative estimate of drug-likeness (QED) is 0.625. The van der Waals surface area contributed by atoms with Crippen molar-refractivity contribution in [2.45, 2.75) is 58.4 Å². The minimum Gasteiger partial charge on any atom is -0.382 e. The Bertz CT molecular complexity index is 377. The van der Waals surface area contributed by atoms with Gasteiger partial charge in [-0.2, -0.15) is 0 Å². The van der Waals surface area contributed by atoms with Crippen LogP contribution in [0, 0.1) is 5.92 Å². The summed E-state index contributed by atoms with van der Waals surface area (Å²) in [5.41, 5.74) is 5.33. The van der Waals surface area contributed by atoms with Crippen LogP contribution in [0.4, 0.5) is 0 Å². The van der Waals surface area contributed by atoms with Gasteiger partial charge in [-0.3, -0.25) is 9.59 Å². The highest BCUT2D eigenvalue weighted by Gasteiger charge is 2.35. The fourth-order valence-electron chi connectivity index (χ4n) is 3.01. The van der Waals surface area contributed by atoms with Crippen LogP contribution in [0.3, 0.4) is 0 Å². The molecule has 6 heteroatoms. The van der Waals surface area contributed by atoms with Gasteiger partial charge in [0.15, 0.2) is 0 Å². The van der Waals surface area contributed by atoms with E-state index in [2.05, 4.69) is 5.32 Å². The Morgan fingerprint density at radius 2 is 1.96 bits per heavy atom. The summed E-state index contributed by atoms with van der Waals surface area (Å²) < 4.78 is 5.25. The highest BCUT2D eigenvalue weighted by molar-refractivity contribution is 5.86. The molecule has 1 atom stereocenters. The summed E-state index contributed by atoms with van der Waals surface area (Å²) in [6.07, 6.45) is 3.83. The Morgan fingerprint density at radius 1 is 1.30 bits per heavy atom. The van der Waals surface area contributed by atoms with Crippen LogP contribution < -0.4 is 11.1 Å². The molecule has 1 rings (SSSR count). The molecule has 1 fully saturated rings. The maximum Gasteiger partial charge on any atom is 0.242 e. The predicted molar refractivity (Wildman–Crippen MR) is 90.9 cm³/mol. The van der Waals surface area contributed by atoms with Crippen LogP contribution in [0.15, 0.2) is 0 Å². The number of hydrogen-bond donors (Lipinski definition) is 2. The molecule has 1 saturated heterocycles. The Balaban J connectivity index is 2.32. The lowest BCUT2D eigenvalue weighted by atomic mass is 9.91. The molecule has 0 aromatic rings. The van der Waals surface area contributed by atoms with Crippen LogP contribution in [-0.4, -0.2) is 55.1 Å². The number of carbonyl (C=O) groups is 2. The average molecular weight is 327 g/mol. The molecule has 0 radical (unpaired) electrons. The number of ether oxygens (including phenoxy) is 1. The first-order chi connectivity index (χ1) is 10.9. The molecule has 0 aliphatic carbocycles. The fraction of sp³-hybridized carbons (Fsp3) is 0.882. The number of hydrogen-bond acceptors (Lipinski definition) is 4. The summed E-state index contributed by atoms with van der Waals surface area (Å²) in [5.74, 6) is 0.105. The van der Waals surface area contributed by atoms with E-state index in [0.717, 1.165) is 12.8 Å². The monoisotopic (exact) mass is 327 g/mol. The summed E-state index contributed by atoms with van der Waals surface area (Å²) >= 11 is 0. The lowest BCUT2D eigenvalue weighted by Crippen LogP contribution is -2.55. The van der Waals surface area contributed by atoms with Crippen molar-refractivity contribution in [2.75, 3.05) is 32.8 Å². The second-order valence-electron chi connectivity index (χ2n) is 6.58. The van der Waals surface area contributed by atoms with Crippen LogP contribution in [-0.2, 0) is 14.3 Å².